The van der Waals surface area contributed by atoms with Gasteiger partial charge in [0.25, 0.3) is 0 Å². The largest absolute Gasteiger partial charge is 0.379 e. The number of hydrogen-bond acceptors (Lipinski definition) is 3. The Hall–Kier alpha value is -0.610. The second-order valence-electron chi connectivity index (χ2n) is 3.86. The molecule has 82 valence electrons. The Kier molecular flexibility index (Phi) is 4.35. The van der Waals surface area contributed by atoms with Gasteiger partial charge in [-0.05, 0) is 12.8 Å². The zero-order chi connectivity index (χ0) is 10.6. The molecule has 4 nitrogen and oxygen atoms in total. The lowest BCUT2D eigenvalue weighted by Crippen LogP contribution is -2.46. The van der Waals surface area contributed by atoms with Crippen LogP contribution in [0.4, 0.5) is 0 Å². The minimum absolute atomic E-state index is 0.0438. The molecule has 1 fully saturated rings. The molecular weight excluding hydrogens is 180 g/mol. The van der Waals surface area contributed by atoms with E-state index in [1.165, 1.54) is 0 Å². The zero-order valence-electron chi connectivity index (χ0n) is 9.03. The lowest BCUT2D eigenvalue weighted by Gasteiger charge is -2.26. The van der Waals surface area contributed by atoms with E-state index in [0.717, 1.165) is 25.9 Å². The standard InChI is InChI=1S/C10H20N2O2/c1-3-4-9(11)10(13)12(2)8-5-6-14-7-8/h8-9H,3-7,11H2,1-2H3/t8?,9-/m1/s1. The fraction of sp³-hybridized carbons (Fsp3) is 0.900. The molecule has 0 bridgehead atoms. The van der Waals surface area contributed by atoms with Crippen LogP contribution in [0, 0.1) is 0 Å². The summed E-state index contributed by atoms with van der Waals surface area (Å²) in [7, 11) is 1.82. The molecule has 0 aliphatic carbocycles. The topological polar surface area (TPSA) is 55.6 Å². The summed E-state index contributed by atoms with van der Waals surface area (Å²) < 4.78 is 5.23. The van der Waals surface area contributed by atoms with Crippen LogP contribution >= 0.6 is 0 Å². The van der Waals surface area contributed by atoms with E-state index in [1.807, 2.05) is 14.0 Å². The Morgan fingerprint density at radius 3 is 2.93 bits per heavy atom. The summed E-state index contributed by atoms with van der Waals surface area (Å²) in [5.41, 5.74) is 5.76. The molecule has 1 amide bonds. The number of rotatable bonds is 4. The molecule has 1 saturated heterocycles. The van der Waals surface area contributed by atoms with Crippen LogP contribution in [0.25, 0.3) is 0 Å². The average molecular weight is 200 g/mol. The highest BCUT2D eigenvalue weighted by Crippen LogP contribution is 2.12. The number of amides is 1. The molecule has 1 unspecified atom stereocenters. The van der Waals surface area contributed by atoms with E-state index in [9.17, 15) is 4.79 Å². The van der Waals surface area contributed by atoms with Crippen LogP contribution in [-0.2, 0) is 9.53 Å². The Balaban J connectivity index is 2.42. The van der Waals surface area contributed by atoms with Crippen molar-refractivity contribution in [1.82, 2.24) is 4.90 Å². The summed E-state index contributed by atoms with van der Waals surface area (Å²) in [5, 5.41) is 0. The fourth-order valence-corrected chi connectivity index (χ4v) is 1.70. The van der Waals surface area contributed by atoms with E-state index in [-0.39, 0.29) is 18.0 Å². The van der Waals surface area contributed by atoms with Gasteiger partial charge in [0.1, 0.15) is 0 Å². The van der Waals surface area contributed by atoms with Gasteiger partial charge in [-0.2, -0.15) is 0 Å². The quantitative estimate of drug-likeness (QED) is 0.713. The van der Waals surface area contributed by atoms with Crippen molar-refractivity contribution >= 4 is 5.91 Å². The Morgan fingerprint density at radius 2 is 2.43 bits per heavy atom. The van der Waals surface area contributed by atoms with E-state index in [0.29, 0.717) is 6.61 Å². The molecule has 4 heteroatoms. The molecule has 2 N–H and O–H groups in total. The molecule has 2 atom stereocenters. The zero-order valence-corrected chi connectivity index (χ0v) is 9.03. The van der Waals surface area contributed by atoms with Crippen LogP contribution in [0.15, 0.2) is 0 Å². The van der Waals surface area contributed by atoms with Gasteiger partial charge < -0.3 is 15.4 Å². The maximum atomic E-state index is 11.8. The highest BCUT2D eigenvalue weighted by Gasteiger charge is 2.26. The van der Waals surface area contributed by atoms with E-state index in [2.05, 4.69) is 0 Å². The number of carbonyl (C=O) groups excluding carboxylic acids is 1. The van der Waals surface area contributed by atoms with Gasteiger partial charge in [0.15, 0.2) is 0 Å². The first kappa shape index (κ1) is 11.5. The fourth-order valence-electron chi connectivity index (χ4n) is 1.70. The Labute approximate surface area is 85.4 Å². The Morgan fingerprint density at radius 1 is 1.71 bits per heavy atom. The van der Waals surface area contributed by atoms with Crippen molar-refractivity contribution in [2.45, 2.75) is 38.3 Å². The van der Waals surface area contributed by atoms with Gasteiger partial charge >= 0.3 is 0 Å². The lowest BCUT2D eigenvalue weighted by atomic mass is 10.1. The van der Waals surface area contributed by atoms with Crippen molar-refractivity contribution in [2.24, 2.45) is 5.73 Å². The van der Waals surface area contributed by atoms with Crippen LogP contribution in [-0.4, -0.2) is 43.2 Å². The average Bonchev–Trinajstić information content (AvgIpc) is 2.68. The molecular formula is C10H20N2O2. The molecule has 0 aromatic heterocycles. The smallest absolute Gasteiger partial charge is 0.239 e. The predicted octanol–water partition coefficient (Wildman–Crippen LogP) is 0.361. The molecule has 0 spiro atoms. The third kappa shape index (κ3) is 2.69. The molecule has 14 heavy (non-hydrogen) atoms. The summed E-state index contributed by atoms with van der Waals surface area (Å²) in [6.45, 7) is 3.44. The number of nitrogens with zero attached hydrogens (tertiary/aromatic N) is 1. The first-order chi connectivity index (χ1) is 6.66. The van der Waals surface area contributed by atoms with E-state index >= 15 is 0 Å². The number of hydrogen-bond donors (Lipinski definition) is 1. The van der Waals surface area contributed by atoms with Crippen LogP contribution in [0.2, 0.25) is 0 Å². The molecule has 1 aliphatic rings. The Bertz CT molecular complexity index is 191. The predicted molar refractivity (Wildman–Crippen MR) is 54.9 cm³/mol. The summed E-state index contributed by atoms with van der Waals surface area (Å²) >= 11 is 0. The molecule has 1 aliphatic heterocycles. The molecule has 0 radical (unpaired) electrons. The SMILES string of the molecule is CCC[C@@H](N)C(=O)N(C)C1CCOC1. The summed E-state index contributed by atoms with van der Waals surface area (Å²) in [4.78, 5) is 13.5. The second-order valence-corrected chi connectivity index (χ2v) is 3.86. The van der Waals surface area contributed by atoms with Gasteiger partial charge in [0.05, 0.1) is 18.7 Å². The van der Waals surface area contributed by atoms with Crippen molar-refractivity contribution in [3.05, 3.63) is 0 Å². The first-order valence-electron chi connectivity index (χ1n) is 5.26. The second kappa shape index (κ2) is 5.32. The van der Waals surface area contributed by atoms with Crippen LogP contribution in [0.1, 0.15) is 26.2 Å². The van der Waals surface area contributed by atoms with Crippen LogP contribution < -0.4 is 5.73 Å². The van der Waals surface area contributed by atoms with Gasteiger partial charge in [-0.3, -0.25) is 4.79 Å². The normalized spacial score (nSPS) is 23.5. The van der Waals surface area contributed by atoms with Crippen molar-refractivity contribution < 1.29 is 9.53 Å². The van der Waals surface area contributed by atoms with E-state index in [4.69, 9.17) is 10.5 Å². The highest BCUT2D eigenvalue weighted by molar-refractivity contribution is 5.81. The van der Waals surface area contributed by atoms with Gasteiger partial charge in [-0.15, -0.1) is 0 Å². The number of likely N-dealkylation sites (N-methyl/N-ethyl adjacent to an activating group) is 1. The molecule has 1 rings (SSSR count). The van der Waals surface area contributed by atoms with Gasteiger partial charge in [0.2, 0.25) is 5.91 Å². The summed E-state index contributed by atoms with van der Waals surface area (Å²) in [6, 6.07) is -0.115. The van der Waals surface area contributed by atoms with Crippen molar-refractivity contribution in [2.75, 3.05) is 20.3 Å². The molecule has 0 aromatic rings. The number of carbonyl (C=O) groups is 1. The maximum Gasteiger partial charge on any atom is 0.239 e. The van der Waals surface area contributed by atoms with Crippen molar-refractivity contribution in [3.8, 4) is 0 Å². The highest BCUT2D eigenvalue weighted by atomic mass is 16.5. The minimum atomic E-state index is -0.342. The monoisotopic (exact) mass is 200 g/mol. The van der Waals surface area contributed by atoms with Gasteiger partial charge in [-0.25, -0.2) is 0 Å². The third-order valence-corrected chi connectivity index (χ3v) is 2.72. The lowest BCUT2D eigenvalue weighted by molar-refractivity contribution is -0.133. The molecule has 0 aromatic carbocycles. The summed E-state index contributed by atoms with van der Waals surface area (Å²) in [5.74, 6) is 0.0438. The molecule has 0 saturated carbocycles. The number of nitrogens with two attached hydrogens (primary N) is 1. The first-order valence-corrected chi connectivity index (χ1v) is 5.26. The van der Waals surface area contributed by atoms with Crippen molar-refractivity contribution in [1.29, 1.82) is 0 Å². The van der Waals surface area contributed by atoms with E-state index < -0.39 is 0 Å². The van der Waals surface area contributed by atoms with Gasteiger partial charge in [-0.1, -0.05) is 13.3 Å². The van der Waals surface area contributed by atoms with E-state index in [1.54, 1.807) is 4.90 Å². The maximum absolute atomic E-state index is 11.8. The summed E-state index contributed by atoms with van der Waals surface area (Å²) in [6.07, 6.45) is 2.64. The molecule has 1 heterocycles. The van der Waals surface area contributed by atoms with Crippen LogP contribution in [0.3, 0.4) is 0 Å². The minimum Gasteiger partial charge on any atom is -0.379 e. The van der Waals surface area contributed by atoms with Crippen molar-refractivity contribution in [3.63, 3.8) is 0 Å². The van der Waals surface area contributed by atoms with Gasteiger partial charge in [0, 0.05) is 13.7 Å². The van der Waals surface area contributed by atoms with Crippen LogP contribution in [0.5, 0.6) is 0 Å². The number of ether oxygens (including phenoxy) is 1. The third-order valence-electron chi connectivity index (χ3n) is 2.72.